The van der Waals surface area contributed by atoms with Crippen molar-refractivity contribution < 1.29 is 9.63 Å². The molecule has 1 aliphatic rings. The lowest BCUT2D eigenvalue weighted by Gasteiger charge is -2.27. The molecule has 3 aromatic rings. The Kier molecular flexibility index (Phi) is 5.15. The van der Waals surface area contributed by atoms with Gasteiger partial charge in [0.2, 0.25) is 0 Å². The zero-order valence-corrected chi connectivity index (χ0v) is 17.1. The van der Waals surface area contributed by atoms with Crippen LogP contribution in [-0.2, 0) is 5.60 Å². The molecule has 1 unspecified atom stereocenters. The lowest BCUT2D eigenvalue weighted by atomic mass is 9.86. The average molecular weight is 400 g/mol. The zero-order valence-electron chi connectivity index (χ0n) is 17.1. The number of rotatable bonds is 7. The topological polar surface area (TPSA) is 83.5 Å². The van der Waals surface area contributed by atoms with Gasteiger partial charge in [0.25, 0.3) is 0 Å². The van der Waals surface area contributed by atoms with E-state index in [0.717, 1.165) is 23.4 Å². The van der Waals surface area contributed by atoms with Gasteiger partial charge in [-0.2, -0.15) is 0 Å². The Hall–Kier alpha value is -3.43. The van der Waals surface area contributed by atoms with Crippen molar-refractivity contribution in [3.8, 4) is 23.5 Å². The molecule has 6 heteroatoms. The van der Waals surface area contributed by atoms with Crippen LogP contribution in [0.3, 0.4) is 0 Å². The molecule has 1 atom stereocenters. The second kappa shape index (κ2) is 7.77. The number of hydrogen-bond acceptors (Lipinski definition) is 6. The maximum atomic E-state index is 11.7. The molecular formula is C24H24N4O2. The zero-order chi connectivity index (χ0) is 21.3. The summed E-state index contributed by atoms with van der Waals surface area (Å²) in [5.74, 6) is 3.85. The molecule has 0 bridgehead atoms. The molecule has 0 amide bonds. The van der Waals surface area contributed by atoms with E-state index in [0.29, 0.717) is 34.3 Å². The Labute approximate surface area is 176 Å². The SMILES string of the molecule is C#CC(O)(c1ccccn1)c1cc(-c2c(C)noc2C)cc(N=C)c1NCC1CC1. The third-order valence-corrected chi connectivity index (χ3v) is 5.51. The van der Waals surface area contributed by atoms with Crippen molar-refractivity contribution in [2.75, 3.05) is 11.9 Å². The normalized spacial score (nSPS) is 15.3. The maximum absolute atomic E-state index is 11.7. The Morgan fingerprint density at radius 1 is 1.37 bits per heavy atom. The second-order valence-corrected chi connectivity index (χ2v) is 7.67. The number of pyridine rings is 1. The van der Waals surface area contributed by atoms with Gasteiger partial charge in [-0.05, 0) is 69.2 Å². The minimum absolute atomic E-state index is 0.368. The number of aliphatic hydroxyl groups is 1. The van der Waals surface area contributed by atoms with Crippen molar-refractivity contribution in [3.05, 3.63) is 59.2 Å². The molecule has 1 aromatic carbocycles. The highest BCUT2D eigenvalue weighted by atomic mass is 16.5. The van der Waals surface area contributed by atoms with Crippen molar-refractivity contribution in [1.29, 1.82) is 0 Å². The van der Waals surface area contributed by atoms with Crippen molar-refractivity contribution in [2.24, 2.45) is 10.9 Å². The van der Waals surface area contributed by atoms with Crippen LogP contribution in [-0.4, -0.2) is 28.5 Å². The van der Waals surface area contributed by atoms with Gasteiger partial charge < -0.3 is 14.9 Å². The van der Waals surface area contributed by atoms with Gasteiger partial charge in [-0.3, -0.25) is 9.98 Å². The molecule has 0 aliphatic heterocycles. The lowest BCUT2D eigenvalue weighted by molar-refractivity contribution is 0.141. The number of aryl methyl sites for hydroxylation is 2. The predicted octanol–water partition coefficient (Wildman–Crippen LogP) is 4.38. The average Bonchev–Trinajstić information content (AvgIpc) is 3.54. The summed E-state index contributed by atoms with van der Waals surface area (Å²) >= 11 is 0. The Morgan fingerprint density at radius 3 is 2.73 bits per heavy atom. The lowest BCUT2D eigenvalue weighted by Crippen LogP contribution is -2.28. The van der Waals surface area contributed by atoms with E-state index >= 15 is 0 Å². The number of nitrogens with one attached hydrogen (secondary N) is 1. The summed E-state index contributed by atoms with van der Waals surface area (Å²) in [5, 5.41) is 19.2. The number of terminal acetylenes is 1. The fourth-order valence-electron chi connectivity index (χ4n) is 3.70. The summed E-state index contributed by atoms with van der Waals surface area (Å²) in [6, 6.07) is 9.07. The van der Waals surface area contributed by atoms with E-state index in [1.165, 1.54) is 12.8 Å². The molecule has 1 aliphatic carbocycles. The van der Waals surface area contributed by atoms with Crippen LogP contribution in [0, 0.1) is 32.1 Å². The minimum Gasteiger partial charge on any atom is -0.383 e. The van der Waals surface area contributed by atoms with Crippen molar-refractivity contribution in [2.45, 2.75) is 32.3 Å². The standard InChI is InChI=1S/C24H24N4O2/c1-5-24(29,21-8-6-7-11-26-21)19-12-18(22-15(2)28-30-16(22)3)13-20(25-4)23(19)27-14-17-9-10-17/h1,6-8,11-13,17,27,29H,4,9-10,14H2,2-3H3. The Morgan fingerprint density at radius 2 is 2.17 bits per heavy atom. The van der Waals surface area contributed by atoms with Gasteiger partial charge in [-0.15, -0.1) is 6.42 Å². The first-order chi connectivity index (χ1) is 14.5. The fourth-order valence-corrected chi connectivity index (χ4v) is 3.70. The summed E-state index contributed by atoms with van der Waals surface area (Å²) < 4.78 is 5.35. The first-order valence-electron chi connectivity index (χ1n) is 9.92. The summed E-state index contributed by atoms with van der Waals surface area (Å²) in [7, 11) is 0. The Bertz CT molecular complexity index is 1110. The maximum Gasteiger partial charge on any atom is 0.195 e. The van der Waals surface area contributed by atoms with Gasteiger partial charge in [-0.1, -0.05) is 17.1 Å². The molecule has 4 rings (SSSR count). The van der Waals surface area contributed by atoms with Crippen molar-refractivity contribution in [3.63, 3.8) is 0 Å². The van der Waals surface area contributed by atoms with E-state index < -0.39 is 5.60 Å². The molecule has 30 heavy (non-hydrogen) atoms. The second-order valence-electron chi connectivity index (χ2n) is 7.67. The Balaban J connectivity index is 1.96. The summed E-state index contributed by atoms with van der Waals surface area (Å²) in [6.07, 6.45) is 9.88. The number of aliphatic imine (C=N–C) groups is 1. The first-order valence-corrected chi connectivity index (χ1v) is 9.92. The highest BCUT2D eigenvalue weighted by Crippen LogP contribution is 2.43. The minimum atomic E-state index is -1.75. The molecular weight excluding hydrogens is 376 g/mol. The molecule has 0 radical (unpaired) electrons. The van der Waals surface area contributed by atoms with Gasteiger partial charge in [0.15, 0.2) is 5.60 Å². The summed E-state index contributed by atoms with van der Waals surface area (Å²) in [5.41, 5.74) is 2.78. The number of nitrogens with zero attached hydrogens (tertiary/aromatic N) is 3. The third kappa shape index (κ3) is 3.49. The van der Waals surface area contributed by atoms with E-state index in [2.05, 4.69) is 33.1 Å². The third-order valence-electron chi connectivity index (χ3n) is 5.51. The molecule has 0 spiro atoms. The van der Waals surface area contributed by atoms with E-state index in [1.807, 2.05) is 26.0 Å². The largest absolute Gasteiger partial charge is 0.383 e. The number of aromatic nitrogens is 2. The smallest absolute Gasteiger partial charge is 0.195 e. The fraction of sp³-hybridized carbons (Fsp3) is 0.292. The molecule has 2 N–H and O–H groups in total. The van der Waals surface area contributed by atoms with Crippen LogP contribution in [0.1, 0.15) is 35.6 Å². The summed E-state index contributed by atoms with van der Waals surface area (Å²) in [4.78, 5) is 8.57. The number of hydrogen-bond donors (Lipinski definition) is 2. The van der Waals surface area contributed by atoms with Gasteiger partial charge in [0, 0.05) is 23.9 Å². The number of benzene rings is 1. The molecule has 152 valence electrons. The van der Waals surface area contributed by atoms with Crippen molar-refractivity contribution in [1.82, 2.24) is 10.1 Å². The highest BCUT2D eigenvalue weighted by molar-refractivity contribution is 5.83. The molecule has 1 fully saturated rings. The van der Waals surface area contributed by atoms with E-state index in [-0.39, 0.29) is 0 Å². The van der Waals surface area contributed by atoms with Gasteiger partial charge in [-0.25, -0.2) is 0 Å². The highest BCUT2D eigenvalue weighted by Gasteiger charge is 2.36. The van der Waals surface area contributed by atoms with Gasteiger partial charge >= 0.3 is 0 Å². The monoisotopic (exact) mass is 400 g/mol. The van der Waals surface area contributed by atoms with Crippen LogP contribution in [0.25, 0.3) is 11.1 Å². The van der Waals surface area contributed by atoms with Crippen LogP contribution in [0.4, 0.5) is 11.4 Å². The number of anilines is 1. The van der Waals surface area contributed by atoms with Crippen LogP contribution < -0.4 is 5.32 Å². The quantitative estimate of drug-likeness (QED) is 0.454. The van der Waals surface area contributed by atoms with E-state index in [1.54, 1.807) is 24.4 Å². The van der Waals surface area contributed by atoms with Crippen LogP contribution in [0.15, 0.2) is 46.0 Å². The van der Waals surface area contributed by atoms with Crippen LogP contribution in [0.5, 0.6) is 0 Å². The summed E-state index contributed by atoms with van der Waals surface area (Å²) in [6.45, 7) is 8.25. The van der Waals surface area contributed by atoms with E-state index in [4.69, 9.17) is 10.9 Å². The predicted molar refractivity (Wildman–Crippen MR) is 118 cm³/mol. The van der Waals surface area contributed by atoms with Gasteiger partial charge in [0.1, 0.15) is 5.76 Å². The molecule has 6 nitrogen and oxygen atoms in total. The molecule has 1 saturated carbocycles. The van der Waals surface area contributed by atoms with Gasteiger partial charge in [0.05, 0.1) is 22.8 Å². The molecule has 0 saturated heterocycles. The van der Waals surface area contributed by atoms with E-state index in [9.17, 15) is 5.11 Å². The first kappa shape index (κ1) is 19.9. The molecule has 2 heterocycles. The van der Waals surface area contributed by atoms with Crippen molar-refractivity contribution >= 4 is 18.1 Å². The van der Waals surface area contributed by atoms with Crippen LogP contribution in [0.2, 0.25) is 0 Å². The van der Waals surface area contributed by atoms with Crippen LogP contribution >= 0.6 is 0 Å². The molecule has 2 aromatic heterocycles.